The van der Waals surface area contributed by atoms with Gasteiger partial charge in [-0.1, -0.05) is 36.4 Å². The molecule has 0 unspecified atom stereocenters. The van der Waals surface area contributed by atoms with Crippen molar-refractivity contribution < 1.29 is 8.83 Å². The summed E-state index contributed by atoms with van der Waals surface area (Å²) in [4.78, 5) is 9.67. The molecule has 3 heterocycles. The summed E-state index contributed by atoms with van der Waals surface area (Å²) in [7, 11) is 0. The van der Waals surface area contributed by atoms with Crippen LogP contribution in [-0.2, 0) is 0 Å². The highest BCUT2D eigenvalue weighted by Crippen LogP contribution is 2.43. The van der Waals surface area contributed by atoms with Gasteiger partial charge in [0.05, 0.1) is 22.4 Å². The zero-order chi connectivity index (χ0) is 20.2. The molecule has 6 rings (SSSR count). The third-order valence-electron chi connectivity index (χ3n) is 5.27. The van der Waals surface area contributed by atoms with E-state index in [1.54, 1.807) is 0 Å². The van der Waals surface area contributed by atoms with Crippen LogP contribution in [0.15, 0.2) is 81.6 Å². The van der Waals surface area contributed by atoms with Gasteiger partial charge in [0.15, 0.2) is 11.5 Å². The first-order valence-electron chi connectivity index (χ1n) is 9.52. The van der Waals surface area contributed by atoms with Gasteiger partial charge in [-0.25, -0.2) is 9.97 Å². The summed E-state index contributed by atoms with van der Waals surface area (Å²) in [5, 5.41) is 1.65. The van der Waals surface area contributed by atoms with Gasteiger partial charge >= 0.3 is 0 Å². The zero-order valence-electron chi connectivity index (χ0n) is 15.8. The van der Waals surface area contributed by atoms with E-state index in [0.29, 0.717) is 45.4 Å². The first-order valence-corrected chi connectivity index (χ1v) is 9.52. The van der Waals surface area contributed by atoms with Crippen molar-refractivity contribution in [2.45, 2.75) is 0 Å². The molecular weight excluding hydrogens is 376 g/mol. The van der Waals surface area contributed by atoms with Crippen molar-refractivity contribution in [2.24, 2.45) is 0 Å². The average Bonchev–Trinajstić information content (AvgIpc) is 3.30. The molecule has 0 aliphatic carbocycles. The molecule has 4 N–H and O–H groups in total. The van der Waals surface area contributed by atoms with E-state index < -0.39 is 0 Å². The molecule has 0 bridgehead atoms. The highest BCUT2D eigenvalue weighted by atomic mass is 16.3. The van der Waals surface area contributed by atoms with Crippen LogP contribution in [0.25, 0.3) is 55.9 Å². The minimum atomic E-state index is 0.448. The standard InChI is InChI=1S/C24H16N4O2/c25-19-13-7-1-5-11-17(13)29-23(19)21-22(28-16-10-4-3-9-15(16)27-21)24-20(26)14-8-2-6-12-18(14)30-24/h1-12H,25-26H2. The lowest BCUT2D eigenvalue weighted by atomic mass is 10.1. The van der Waals surface area contributed by atoms with Gasteiger partial charge in [-0.05, 0) is 36.4 Å². The number of para-hydroxylation sites is 4. The number of nitrogens with two attached hydrogens (primary N) is 2. The van der Waals surface area contributed by atoms with E-state index >= 15 is 0 Å². The number of hydrogen-bond acceptors (Lipinski definition) is 6. The van der Waals surface area contributed by atoms with Crippen LogP contribution in [0.5, 0.6) is 0 Å². The van der Waals surface area contributed by atoms with Gasteiger partial charge < -0.3 is 20.3 Å². The SMILES string of the molecule is Nc1c(-c2nc3ccccc3nc2-c2oc3ccccc3c2N)oc2ccccc12. The quantitative estimate of drug-likeness (QED) is 0.396. The number of rotatable bonds is 2. The minimum Gasteiger partial charge on any atom is -0.452 e. The van der Waals surface area contributed by atoms with E-state index in [9.17, 15) is 0 Å². The molecule has 30 heavy (non-hydrogen) atoms. The van der Waals surface area contributed by atoms with Crippen LogP contribution >= 0.6 is 0 Å². The Balaban J connectivity index is 1.72. The maximum atomic E-state index is 6.45. The number of anilines is 2. The van der Waals surface area contributed by atoms with E-state index in [2.05, 4.69) is 0 Å². The van der Waals surface area contributed by atoms with Crippen molar-refractivity contribution in [3.8, 4) is 22.9 Å². The number of hydrogen-bond donors (Lipinski definition) is 2. The number of furan rings is 2. The van der Waals surface area contributed by atoms with Crippen LogP contribution in [0.3, 0.4) is 0 Å². The Labute approximate surface area is 170 Å². The molecule has 0 fully saturated rings. The Morgan fingerprint density at radius 1 is 0.533 bits per heavy atom. The molecule has 0 aliphatic rings. The Morgan fingerprint density at radius 3 is 1.37 bits per heavy atom. The van der Waals surface area contributed by atoms with Gasteiger partial charge in [0.1, 0.15) is 22.6 Å². The van der Waals surface area contributed by atoms with Gasteiger partial charge in [0, 0.05) is 10.8 Å². The highest BCUT2D eigenvalue weighted by Gasteiger charge is 2.25. The fourth-order valence-electron chi connectivity index (χ4n) is 3.80. The largest absolute Gasteiger partial charge is 0.452 e. The van der Waals surface area contributed by atoms with Crippen LogP contribution in [0.1, 0.15) is 0 Å². The second-order valence-corrected chi connectivity index (χ2v) is 7.09. The Kier molecular flexibility index (Phi) is 3.37. The maximum Gasteiger partial charge on any atom is 0.179 e. The van der Waals surface area contributed by atoms with Gasteiger partial charge in [0.2, 0.25) is 0 Å². The van der Waals surface area contributed by atoms with Gasteiger partial charge in [0.25, 0.3) is 0 Å². The zero-order valence-corrected chi connectivity index (χ0v) is 15.8. The van der Waals surface area contributed by atoms with E-state index in [0.717, 1.165) is 21.8 Å². The summed E-state index contributed by atoms with van der Waals surface area (Å²) in [5.74, 6) is 0.897. The predicted molar refractivity (Wildman–Crippen MR) is 119 cm³/mol. The summed E-state index contributed by atoms with van der Waals surface area (Å²) in [6, 6.07) is 22.9. The monoisotopic (exact) mass is 392 g/mol. The molecule has 6 nitrogen and oxygen atoms in total. The summed E-state index contributed by atoms with van der Waals surface area (Å²) >= 11 is 0. The topological polar surface area (TPSA) is 104 Å². The first-order chi connectivity index (χ1) is 14.7. The van der Waals surface area contributed by atoms with Crippen LogP contribution in [-0.4, -0.2) is 9.97 Å². The molecule has 0 saturated heterocycles. The van der Waals surface area contributed by atoms with Crippen molar-refractivity contribution in [2.75, 3.05) is 11.5 Å². The average molecular weight is 392 g/mol. The van der Waals surface area contributed by atoms with Crippen LogP contribution in [0.2, 0.25) is 0 Å². The molecular formula is C24H16N4O2. The molecule has 6 heteroatoms. The van der Waals surface area contributed by atoms with Crippen LogP contribution < -0.4 is 11.5 Å². The third-order valence-corrected chi connectivity index (χ3v) is 5.27. The summed E-state index contributed by atoms with van der Waals surface area (Å²) in [6.07, 6.45) is 0. The molecule has 0 radical (unpaired) electrons. The van der Waals surface area contributed by atoms with Crippen molar-refractivity contribution in [3.63, 3.8) is 0 Å². The molecule has 0 amide bonds. The van der Waals surface area contributed by atoms with E-state index in [-0.39, 0.29) is 0 Å². The van der Waals surface area contributed by atoms with E-state index in [1.165, 1.54) is 0 Å². The van der Waals surface area contributed by atoms with E-state index in [4.69, 9.17) is 30.3 Å². The number of nitrogen functional groups attached to an aromatic ring is 2. The molecule has 0 saturated carbocycles. The second kappa shape index (κ2) is 6.09. The van der Waals surface area contributed by atoms with Crippen molar-refractivity contribution in [1.29, 1.82) is 0 Å². The first kappa shape index (κ1) is 16.6. The summed E-state index contributed by atoms with van der Waals surface area (Å²) in [6.45, 7) is 0. The molecule has 6 aromatic rings. The second-order valence-electron chi connectivity index (χ2n) is 7.09. The molecule has 3 aromatic heterocycles. The number of benzene rings is 3. The summed E-state index contributed by atoms with van der Waals surface area (Å²) in [5.41, 5.74) is 17.7. The van der Waals surface area contributed by atoms with Crippen LogP contribution in [0.4, 0.5) is 11.4 Å². The fraction of sp³-hybridized carbons (Fsp3) is 0. The maximum absolute atomic E-state index is 6.45. The summed E-state index contributed by atoms with van der Waals surface area (Å²) < 4.78 is 12.2. The van der Waals surface area contributed by atoms with Gasteiger partial charge in [-0.15, -0.1) is 0 Å². The van der Waals surface area contributed by atoms with E-state index in [1.807, 2.05) is 72.8 Å². The molecule has 144 valence electrons. The third kappa shape index (κ3) is 2.31. The van der Waals surface area contributed by atoms with Crippen LogP contribution in [0, 0.1) is 0 Å². The minimum absolute atomic E-state index is 0.448. The lowest BCUT2D eigenvalue weighted by molar-refractivity contribution is 0.621. The number of nitrogens with zero attached hydrogens (tertiary/aromatic N) is 2. The Morgan fingerprint density at radius 2 is 0.933 bits per heavy atom. The number of aromatic nitrogens is 2. The molecule has 3 aromatic carbocycles. The Bertz CT molecular complexity index is 1460. The fourth-order valence-corrected chi connectivity index (χ4v) is 3.80. The smallest absolute Gasteiger partial charge is 0.179 e. The van der Waals surface area contributed by atoms with Crippen molar-refractivity contribution in [1.82, 2.24) is 9.97 Å². The lowest BCUT2D eigenvalue weighted by Gasteiger charge is -2.08. The predicted octanol–water partition coefficient (Wildman–Crippen LogP) is 5.62. The lowest BCUT2D eigenvalue weighted by Crippen LogP contribution is -1.98. The number of fused-ring (bicyclic) bond motifs is 3. The molecule has 0 aliphatic heterocycles. The highest BCUT2D eigenvalue weighted by molar-refractivity contribution is 6.03. The van der Waals surface area contributed by atoms with Crippen molar-refractivity contribution >= 4 is 44.3 Å². The normalized spacial score (nSPS) is 11.6. The van der Waals surface area contributed by atoms with Gasteiger partial charge in [-0.3, -0.25) is 0 Å². The van der Waals surface area contributed by atoms with Crippen molar-refractivity contribution in [3.05, 3.63) is 72.8 Å². The molecule has 0 spiro atoms. The Hall–Kier alpha value is -4.32. The van der Waals surface area contributed by atoms with Gasteiger partial charge in [-0.2, -0.15) is 0 Å². The molecule has 0 atom stereocenters.